The molecule has 0 N–H and O–H groups in total. The minimum atomic E-state index is -0.261. The molecule has 3 heteroatoms. The normalized spacial score (nSPS) is 11.4. The van der Waals surface area contributed by atoms with Crippen LogP contribution >= 0.6 is 0 Å². The van der Waals surface area contributed by atoms with Crippen molar-refractivity contribution < 1.29 is 9.53 Å². The summed E-state index contributed by atoms with van der Waals surface area (Å²) in [5.74, 6) is -0.261. The van der Waals surface area contributed by atoms with Crippen LogP contribution in [0.2, 0.25) is 0 Å². The van der Waals surface area contributed by atoms with Gasteiger partial charge in [0, 0.05) is 0 Å². The third-order valence-electron chi connectivity index (χ3n) is 1.87. The first-order chi connectivity index (χ1) is 6.86. The Morgan fingerprint density at radius 3 is 2.71 bits per heavy atom. The fourth-order valence-corrected chi connectivity index (χ4v) is 1.20. The molecular weight excluding hydrogens is 178 g/mol. The molecule has 1 rings (SSSR count). The highest BCUT2D eigenvalue weighted by Gasteiger charge is 2.08. The molecule has 0 radical (unpaired) electrons. The summed E-state index contributed by atoms with van der Waals surface area (Å²) in [4.78, 5) is 9.95. The SMILES string of the molecule is N#CC(COC=O)Cc1ccccc1. The summed E-state index contributed by atoms with van der Waals surface area (Å²) in [6.07, 6.45) is 0.616. The molecule has 0 amide bonds. The molecule has 0 saturated carbocycles. The van der Waals surface area contributed by atoms with E-state index in [0.717, 1.165) is 5.56 Å². The fourth-order valence-electron chi connectivity index (χ4n) is 1.20. The van der Waals surface area contributed by atoms with Gasteiger partial charge in [-0.15, -0.1) is 0 Å². The molecule has 0 fully saturated rings. The van der Waals surface area contributed by atoms with E-state index in [1.807, 2.05) is 30.3 Å². The van der Waals surface area contributed by atoms with Crippen molar-refractivity contribution in [1.29, 1.82) is 5.26 Å². The van der Waals surface area contributed by atoms with Gasteiger partial charge in [0.25, 0.3) is 6.47 Å². The summed E-state index contributed by atoms with van der Waals surface area (Å²) in [6.45, 7) is 0.532. The van der Waals surface area contributed by atoms with Gasteiger partial charge in [-0.2, -0.15) is 5.26 Å². The Morgan fingerprint density at radius 2 is 2.14 bits per heavy atom. The second-order valence-electron chi connectivity index (χ2n) is 2.95. The van der Waals surface area contributed by atoms with Gasteiger partial charge in [-0.3, -0.25) is 4.79 Å². The van der Waals surface area contributed by atoms with Crippen molar-refractivity contribution in [3.05, 3.63) is 35.9 Å². The minimum Gasteiger partial charge on any atom is -0.466 e. The van der Waals surface area contributed by atoms with Crippen LogP contribution in [0.4, 0.5) is 0 Å². The molecule has 1 aromatic carbocycles. The fraction of sp³-hybridized carbons (Fsp3) is 0.273. The number of rotatable bonds is 5. The molecule has 0 aliphatic carbocycles. The Labute approximate surface area is 82.9 Å². The summed E-state index contributed by atoms with van der Waals surface area (Å²) in [5, 5.41) is 8.77. The lowest BCUT2D eigenvalue weighted by molar-refractivity contribution is -0.129. The standard InChI is InChI=1S/C11H11NO2/c12-7-11(8-14-9-13)6-10-4-2-1-3-5-10/h1-5,9,11H,6,8H2. The van der Waals surface area contributed by atoms with Crippen LogP contribution in [-0.4, -0.2) is 13.1 Å². The molecule has 72 valence electrons. The summed E-state index contributed by atoms with van der Waals surface area (Å²) in [7, 11) is 0. The number of benzene rings is 1. The molecule has 3 nitrogen and oxygen atoms in total. The number of nitrogens with zero attached hydrogens (tertiary/aromatic N) is 1. The van der Waals surface area contributed by atoms with E-state index >= 15 is 0 Å². The van der Waals surface area contributed by atoms with E-state index in [4.69, 9.17) is 5.26 Å². The first kappa shape index (κ1) is 10.3. The van der Waals surface area contributed by atoms with Crippen molar-refractivity contribution in [2.24, 2.45) is 5.92 Å². The molecule has 1 aromatic rings. The van der Waals surface area contributed by atoms with Crippen LogP contribution in [0.15, 0.2) is 30.3 Å². The first-order valence-corrected chi connectivity index (χ1v) is 4.35. The van der Waals surface area contributed by atoms with Crippen LogP contribution in [0, 0.1) is 17.2 Å². The lowest BCUT2D eigenvalue weighted by atomic mass is 10.0. The van der Waals surface area contributed by atoms with Crippen LogP contribution in [0.25, 0.3) is 0 Å². The third-order valence-corrected chi connectivity index (χ3v) is 1.87. The van der Waals surface area contributed by atoms with Gasteiger partial charge in [-0.1, -0.05) is 30.3 Å². The number of carbonyl (C=O) groups is 1. The van der Waals surface area contributed by atoms with Crippen LogP contribution < -0.4 is 0 Å². The van der Waals surface area contributed by atoms with E-state index in [1.165, 1.54) is 0 Å². The lowest BCUT2D eigenvalue weighted by Gasteiger charge is -2.06. The molecule has 0 spiro atoms. The molecule has 14 heavy (non-hydrogen) atoms. The van der Waals surface area contributed by atoms with E-state index in [-0.39, 0.29) is 12.5 Å². The topological polar surface area (TPSA) is 50.1 Å². The zero-order chi connectivity index (χ0) is 10.2. The number of hydrogen-bond acceptors (Lipinski definition) is 3. The van der Waals surface area contributed by atoms with E-state index in [9.17, 15) is 4.79 Å². The van der Waals surface area contributed by atoms with Crippen LogP contribution in [0.3, 0.4) is 0 Å². The van der Waals surface area contributed by atoms with E-state index in [0.29, 0.717) is 12.9 Å². The maximum atomic E-state index is 9.95. The van der Waals surface area contributed by atoms with Gasteiger partial charge in [0.15, 0.2) is 0 Å². The largest absolute Gasteiger partial charge is 0.466 e. The predicted octanol–water partition coefficient (Wildman–Crippen LogP) is 1.54. The van der Waals surface area contributed by atoms with Gasteiger partial charge in [0.2, 0.25) is 0 Å². The number of nitriles is 1. The highest BCUT2D eigenvalue weighted by Crippen LogP contribution is 2.07. The first-order valence-electron chi connectivity index (χ1n) is 4.35. The third kappa shape index (κ3) is 3.28. The highest BCUT2D eigenvalue weighted by molar-refractivity contribution is 5.37. The van der Waals surface area contributed by atoms with Gasteiger partial charge in [-0.05, 0) is 12.0 Å². The average Bonchev–Trinajstić information content (AvgIpc) is 2.25. The maximum absolute atomic E-state index is 9.95. The number of carbonyl (C=O) groups excluding carboxylic acids is 1. The van der Waals surface area contributed by atoms with Crippen molar-refractivity contribution in [3.8, 4) is 6.07 Å². The van der Waals surface area contributed by atoms with E-state index in [1.54, 1.807) is 0 Å². The molecule has 0 aliphatic rings. The smallest absolute Gasteiger partial charge is 0.293 e. The molecule has 0 saturated heterocycles. The summed E-state index contributed by atoms with van der Waals surface area (Å²) >= 11 is 0. The van der Waals surface area contributed by atoms with E-state index < -0.39 is 0 Å². The second-order valence-corrected chi connectivity index (χ2v) is 2.95. The van der Waals surface area contributed by atoms with Gasteiger partial charge < -0.3 is 4.74 Å². The van der Waals surface area contributed by atoms with Crippen molar-refractivity contribution in [3.63, 3.8) is 0 Å². The monoisotopic (exact) mass is 189 g/mol. The Hall–Kier alpha value is -1.82. The summed E-state index contributed by atoms with van der Waals surface area (Å²) < 4.78 is 4.56. The Morgan fingerprint density at radius 1 is 1.43 bits per heavy atom. The zero-order valence-electron chi connectivity index (χ0n) is 7.72. The maximum Gasteiger partial charge on any atom is 0.293 e. The number of hydrogen-bond donors (Lipinski definition) is 0. The number of ether oxygens (including phenoxy) is 1. The quantitative estimate of drug-likeness (QED) is 0.660. The van der Waals surface area contributed by atoms with Crippen molar-refractivity contribution >= 4 is 6.47 Å². The van der Waals surface area contributed by atoms with Crippen molar-refractivity contribution in [1.82, 2.24) is 0 Å². The van der Waals surface area contributed by atoms with E-state index in [2.05, 4.69) is 10.8 Å². The molecule has 1 atom stereocenters. The summed E-state index contributed by atoms with van der Waals surface area (Å²) in [6, 6.07) is 11.8. The molecule has 0 aromatic heterocycles. The average molecular weight is 189 g/mol. The van der Waals surface area contributed by atoms with Crippen LogP contribution in [0.5, 0.6) is 0 Å². The van der Waals surface area contributed by atoms with Gasteiger partial charge in [0.1, 0.15) is 6.61 Å². The molecule has 0 bridgehead atoms. The van der Waals surface area contributed by atoms with Gasteiger partial charge in [-0.25, -0.2) is 0 Å². The lowest BCUT2D eigenvalue weighted by Crippen LogP contribution is -2.09. The van der Waals surface area contributed by atoms with Gasteiger partial charge >= 0.3 is 0 Å². The van der Waals surface area contributed by atoms with Crippen LogP contribution in [0.1, 0.15) is 5.56 Å². The Bertz CT molecular complexity index is 316. The molecule has 0 heterocycles. The Balaban J connectivity index is 2.49. The van der Waals surface area contributed by atoms with Crippen molar-refractivity contribution in [2.45, 2.75) is 6.42 Å². The second kappa shape index (κ2) is 5.76. The molecular formula is C11H11NO2. The highest BCUT2D eigenvalue weighted by atomic mass is 16.5. The molecule has 1 unspecified atom stereocenters. The predicted molar refractivity (Wildman–Crippen MR) is 51.3 cm³/mol. The van der Waals surface area contributed by atoms with Crippen LogP contribution in [-0.2, 0) is 16.0 Å². The molecule has 0 aliphatic heterocycles. The van der Waals surface area contributed by atoms with Crippen molar-refractivity contribution in [2.75, 3.05) is 6.61 Å². The Kier molecular flexibility index (Phi) is 4.22. The summed E-state index contributed by atoms with van der Waals surface area (Å²) in [5.41, 5.74) is 1.08. The minimum absolute atomic E-state index is 0.162. The zero-order valence-corrected chi connectivity index (χ0v) is 7.72. The van der Waals surface area contributed by atoms with Gasteiger partial charge in [0.05, 0.1) is 12.0 Å².